The molecule has 0 unspecified atom stereocenters. The number of nitrogens with zero attached hydrogens (tertiary/aromatic N) is 6. The maximum atomic E-state index is 13.4. The van der Waals surface area contributed by atoms with E-state index in [1.165, 1.54) is 12.0 Å². The fraction of sp³-hybridized carbons (Fsp3) is 0.333. The molecular formula is C33H39N7O4. The third-order valence-electron chi connectivity index (χ3n) is 7.84. The molecule has 11 nitrogen and oxygen atoms in total. The summed E-state index contributed by atoms with van der Waals surface area (Å²) in [6, 6.07) is 15.0. The SMILES string of the molecule is COc1ccc(-c2c(C)nn3c(NCc4cccc(-c5nccn5C)c4)cc(C(C)(C)O)nc23)cc1C(=O)N(C)[C@@H](C)CO. The van der Waals surface area contributed by atoms with Gasteiger partial charge in [-0.15, -0.1) is 0 Å². The Bertz CT molecular complexity index is 1820. The zero-order chi connectivity index (χ0) is 31.8. The quantitative estimate of drug-likeness (QED) is 0.216. The van der Waals surface area contributed by atoms with Crippen LogP contribution in [0.1, 0.15) is 48.1 Å². The van der Waals surface area contributed by atoms with E-state index in [0.717, 1.165) is 28.1 Å². The zero-order valence-corrected chi connectivity index (χ0v) is 26.2. The molecule has 0 spiro atoms. The maximum Gasteiger partial charge on any atom is 0.257 e. The second kappa shape index (κ2) is 12.1. The average Bonchev–Trinajstić information content (AvgIpc) is 3.59. The van der Waals surface area contributed by atoms with Gasteiger partial charge < -0.3 is 29.7 Å². The Kier molecular flexibility index (Phi) is 8.44. The van der Waals surface area contributed by atoms with Crippen molar-refractivity contribution in [3.63, 3.8) is 0 Å². The van der Waals surface area contributed by atoms with Crippen molar-refractivity contribution in [1.29, 1.82) is 0 Å². The van der Waals surface area contributed by atoms with Crippen LogP contribution in [0.5, 0.6) is 5.75 Å². The number of aryl methyl sites for hydroxylation is 2. The van der Waals surface area contributed by atoms with Crippen molar-refractivity contribution in [2.24, 2.45) is 7.05 Å². The van der Waals surface area contributed by atoms with E-state index >= 15 is 0 Å². The Morgan fingerprint density at radius 1 is 1.16 bits per heavy atom. The number of rotatable bonds is 10. The van der Waals surface area contributed by atoms with Crippen molar-refractivity contribution in [1.82, 2.24) is 29.0 Å². The van der Waals surface area contributed by atoms with Gasteiger partial charge in [0.25, 0.3) is 5.91 Å². The van der Waals surface area contributed by atoms with Crippen molar-refractivity contribution >= 4 is 17.4 Å². The number of methoxy groups -OCH3 is 1. The van der Waals surface area contributed by atoms with Crippen molar-refractivity contribution in [3.05, 3.63) is 83.4 Å². The smallest absolute Gasteiger partial charge is 0.257 e. The summed E-state index contributed by atoms with van der Waals surface area (Å²) in [4.78, 5) is 24.2. The largest absolute Gasteiger partial charge is 0.496 e. The highest BCUT2D eigenvalue weighted by atomic mass is 16.5. The number of likely N-dealkylation sites (N-methyl/N-ethyl adjacent to an activating group) is 1. The van der Waals surface area contributed by atoms with Crippen molar-refractivity contribution in [2.45, 2.75) is 45.9 Å². The van der Waals surface area contributed by atoms with Crippen LogP contribution in [0.25, 0.3) is 28.2 Å². The normalized spacial score (nSPS) is 12.4. The van der Waals surface area contributed by atoms with Gasteiger partial charge in [0.2, 0.25) is 0 Å². The Morgan fingerprint density at radius 2 is 1.93 bits per heavy atom. The molecule has 0 aliphatic heterocycles. The molecule has 0 saturated heterocycles. The van der Waals surface area contributed by atoms with E-state index in [-0.39, 0.29) is 18.6 Å². The summed E-state index contributed by atoms with van der Waals surface area (Å²) in [5.41, 5.74) is 4.34. The topological polar surface area (TPSA) is 130 Å². The highest BCUT2D eigenvalue weighted by Gasteiger charge is 2.26. The van der Waals surface area contributed by atoms with E-state index < -0.39 is 5.60 Å². The lowest BCUT2D eigenvalue weighted by Crippen LogP contribution is -2.37. The first-order valence-electron chi connectivity index (χ1n) is 14.4. The summed E-state index contributed by atoms with van der Waals surface area (Å²) in [5.74, 6) is 1.68. The van der Waals surface area contributed by atoms with Crippen LogP contribution in [0.4, 0.5) is 5.82 Å². The van der Waals surface area contributed by atoms with Gasteiger partial charge in [0.15, 0.2) is 5.65 Å². The minimum absolute atomic E-state index is 0.163. The van der Waals surface area contributed by atoms with Crippen LogP contribution in [0.2, 0.25) is 0 Å². The predicted molar refractivity (Wildman–Crippen MR) is 170 cm³/mol. The summed E-state index contributed by atoms with van der Waals surface area (Å²) in [5, 5.41) is 28.9. The molecule has 3 aromatic heterocycles. The van der Waals surface area contributed by atoms with E-state index in [0.29, 0.717) is 40.7 Å². The number of hydrogen-bond donors (Lipinski definition) is 3. The highest BCUT2D eigenvalue weighted by molar-refractivity contribution is 5.99. The number of carbonyl (C=O) groups excluding carboxylic acids is 1. The number of aliphatic hydroxyl groups is 2. The van der Waals surface area contributed by atoms with Crippen molar-refractivity contribution < 1.29 is 19.7 Å². The third-order valence-corrected chi connectivity index (χ3v) is 7.84. The molecule has 3 N–H and O–H groups in total. The van der Waals surface area contributed by atoms with E-state index in [1.54, 1.807) is 56.7 Å². The van der Waals surface area contributed by atoms with Gasteiger partial charge >= 0.3 is 0 Å². The molecule has 11 heteroatoms. The number of aliphatic hydroxyl groups excluding tert-OH is 1. The summed E-state index contributed by atoms with van der Waals surface area (Å²) in [6.45, 7) is 7.38. The second-order valence-electron chi connectivity index (χ2n) is 11.6. The molecule has 0 radical (unpaired) electrons. The van der Waals surface area contributed by atoms with E-state index in [4.69, 9.17) is 14.8 Å². The average molecular weight is 598 g/mol. The number of hydrogen-bond acceptors (Lipinski definition) is 8. The molecule has 1 amide bonds. The molecule has 2 aromatic carbocycles. The molecular weight excluding hydrogens is 558 g/mol. The van der Waals surface area contributed by atoms with Crippen LogP contribution in [0.15, 0.2) is 60.9 Å². The first-order chi connectivity index (χ1) is 20.9. The van der Waals surface area contributed by atoms with Crippen molar-refractivity contribution in [2.75, 3.05) is 26.1 Å². The number of benzene rings is 2. The first kappa shape index (κ1) is 30.7. The highest BCUT2D eigenvalue weighted by Crippen LogP contribution is 2.34. The van der Waals surface area contributed by atoms with Crippen LogP contribution >= 0.6 is 0 Å². The number of nitrogens with one attached hydrogen (secondary N) is 1. The minimum atomic E-state index is -1.23. The number of ether oxygens (including phenoxy) is 1. The van der Waals surface area contributed by atoms with Crippen LogP contribution in [0, 0.1) is 6.92 Å². The summed E-state index contributed by atoms with van der Waals surface area (Å²) in [7, 11) is 5.13. The number of imidazole rings is 1. The Balaban J connectivity index is 1.58. The van der Waals surface area contributed by atoms with Gasteiger partial charge in [-0.2, -0.15) is 9.61 Å². The number of fused-ring (bicyclic) bond motifs is 1. The zero-order valence-electron chi connectivity index (χ0n) is 26.2. The Labute approximate surface area is 256 Å². The monoisotopic (exact) mass is 597 g/mol. The predicted octanol–water partition coefficient (Wildman–Crippen LogP) is 4.41. The lowest BCUT2D eigenvalue weighted by atomic mass is 10.0. The number of carbonyl (C=O) groups is 1. The Hall–Kier alpha value is -4.74. The van der Waals surface area contributed by atoms with Gasteiger partial charge in [-0.3, -0.25) is 4.79 Å². The molecule has 0 aliphatic rings. The standard InChI is InChI=1S/C33H39N7O4/c1-20(19-41)39(6)32(42)25-16-23(11-12-26(25)44-7)29-21(2)37-40-28(17-27(33(3,4)43)36-31(29)40)35-18-22-9-8-10-24(15-22)30-34-13-14-38(30)5/h8-17,20,35,41,43H,18-19H2,1-7H3/t20-/m0/s1. The molecule has 5 rings (SSSR count). The lowest BCUT2D eigenvalue weighted by Gasteiger charge is -2.24. The summed E-state index contributed by atoms with van der Waals surface area (Å²) < 4.78 is 9.23. The fourth-order valence-electron chi connectivity index (χ4n) is 5.10. The van der Waals surface area contributed by atoms with Crippen LogP contribution < -0.4 is 10.1 Å². The van der Waals surface area contributed by atoms with Gasteiger partial charge in [0, 0.05) is 50.2 Å². The van der Waals surface area contributed by atoms with Crippen molar-refractivity contribution in [3.8, 4) is 28.3 Å². The number of amides is 1. The van der Waals surface area contributed by atoms with Gasteiger partial charge in [0.1, 0.15) is 23.0 Å². The van der Waals surface area contributed by atoms with Crippen LogP contribution in [-0.2, 0) is 19.2 Å². The minimum Gasteiger partial charge on any atom is -0.496 e. The van der Waals surface area contributed by atoms with E-state index in [1.807, 2.05) is 49.0 Å². The number of aromatic nitrogens is 5. The van der Waals surface area contributed by atoms with E-state index in [9.17, 15) is 15.0 Å². The number of anilines is 1. The van der Waals surface area contributed by atoms with E-state index in [2.05, 4.69) is 16.4 Å². The molecule has 0 aliphatic carbocycles. The van der Waals surface area contributed by atoms with Gasteiger partial charge in [0.05, 0.1) is 36.7 Å². The third kappa shape index (κ3) is 5.88. The molecule has 0 bridgehead atoms. The second-order valence-corrected chi connectivity index (χ2v) is 11.6. The molecule has 44 heavy (non-hydrogen) atoms. The molecule has 5 aromatic rings. The molecule has 1 atom stereocenters. The molecule has 0 saturated carbocycles. The van der Waals surface area contributed by atoms with Gasteiger partial charge in [-0.25, -0.2) is 9.97 Å². The Morgan fingerprint density at radius 3 is 2.59 bits per heavy atom. The summed E-state index contributed by atoms with van der Waals surface area (Å²) >= 11 is 0. The fourth-order valence-corrected chi connectivity index (χ4v) is 5.10. The lowest BCUT2D eigenvalue weighted by molar-refractivity contribution is 0.0678. The maximum absolute atomic E-state index is 13.4. The van der Waals surface area contributed by atoms with Crippen LogP contribution in [0.3, 0.4) is 0 Å². The molecule has 230 valence electrons. The molecule has 3 heterocycles. The molecule has 0 fully saturated rings. The van der Waals surface area contributed by atoms with Gasteiger partial charge in [-0.1, -0.05) is 24.3 Å². The summed E-state index contributed by atoms with van der Waals surface area (Å²) in [6.07, 6.45) is 3.69. The van der Waals surface area contributed by atoms with Gasteiger partial charge in [-0.05, 0) is 57.0 Å². The first-order valence-corrected chi connectivity index (χ1v) is 14.4. The van der Waals surface area contributed by atoms with Crippen LogP contribution in [-0.4, -0.2) is 72.0 Å².